The topological polar surface area (TPSA) is 43.8 Å². The lowest BCUT2D eigenvalue weighted by atomic mass is 10.0. The van der Waals surface area contributed by atoms with Crippen molar-refractivity contribution in [2.45, 2.75) is 206 Å². The first-order valence-corrected chi connectivity index (χ1v) is 18.9. The zero-order chi connectivity index (χ0) is 30.8. The van der Waals surface area contributed by atoms with Gasteiger partial charge < -0.3 is 14.9 Å². The third-order valence-corrected chi connectivity index (χ3v) is 8.73. The van der Waals surface area contributed by atoms with Gasteiger partial charge in [-0.05, 0) is 12.8 Å². The molecule has 0 fully saturated rings. The van der Waals surface area contributed by atoms with Crippen molar-refractivity contribution in [2.75, 3.05) is 20.3 Å². The van der Waals surface area contributed by atoms with E-state index >= 15 is 0 Å². The van der Waals surface area contributed by atoms with Crippen LogP contribution < -0.4 is 0 Å². The molecule has 250 valence electrons. The van der Waals surface area contributed by atoms with E-state index in [1.54, 1.807) is 0 Å². The van der Waals surface area contributed by atoms with Gasteiger partial charge in [-0.1, -0.05) is 187 Å². The van der Waals surface area contributed by atoms with Gasteiger partial charge in [0.25, 0.3) is 0 Å². The smallest absolute Gasteiger partial charge is 0.303 e. The summed E-state index contributed by atoms with van der Waals surface area (Å²) in [5, 5.41) is 8.52. The second-order valence-corrected chi connectivity index (χ2v) is 13.2. The quantitative estimate of drug-likeness (QED) is 0.0813. The van der Waals surface area contributed by atoms with Gasteiger partial charge in [-0.3, -0.25) is 4.79 Å². The average Bonchev–Trinajstić information content (AvgIpc) is 3.40. The van der Waals surface area contributed by atoms with E-state index < -0.39 is 5.97 Å². The number of carbonyl (C=O) groups is 1. The molecule has 1 rings (SSSR count). The van der Waals surface area contributed by atoms with Crippen LogP contribution in [0.5, 0.6) is 0 Å². The summed E-state index contributed by atoms with van der Waals surface area (Å²) in [7, 11) is 2.14. The fraction of sp³-hybridized carbons (Fsp3) is 0.921. The highest BCUT2D eigenvalue weighted by Crippen LogP contribution is 2.15. The molecule has 0 unspecified atom stereocenters. The molecule has 0 atom stereocenters. The van der Waals surface area contributed by atoms with Gasteiger partial charge in [-0.2, -0.15) is 0 Å². The van der Waals surface area contributed by atoms with Crippen LogP contribution in [0.2, 0.25) is 0 Å². The molecular formula is C38H76N2O2. The SMILES string of the molecule is CCCCCCCCCCCCCCCCCC(=O)O.CCCCCCCCCCCCCCCCN1C=CN(C)C1. The Kier molecular flexibility index (Phi) is 33.3. The summed E-state index contributed by atoms with van der Waals surface area (Å²) >= 11 is 0. The van der Waals surface area contributed by atoms with Gasteiger partial charge in [0.15, 0.2) is 0 Å². The predicted octanol–water partition coefficient (Wildman–Crippen LogP) is 12.5. The molecule has 0 aromatic carbocycles. The molecule has 1 aliphatic heterocycles. The van der Waals surface area contributed by atoms with E-state index in [0.29, 0.717) is 6.42 Å². The lowest BCUT2D eigenvalue weighted by Crippen LogP contribution is -2.23. The molecule has 1 heterocycles. The number of carboxylic acid groups (broad SMARTS) is 1. The summed E-state index contributed by atoms with van der Waals surface area (Å²) < 4.78 is 0. The monoisotopic (exact) mass is 593 g/mol. The third kappa shape index (κ3) is 33.3. The highest BCUT2D eigenvalue weighted by Gasteiger charge is 2.06. The highest BCUT2D eigenvalue weighted by molar-refractivity contribution is 5.66. The minimum atomic E-state index is -0.653. The second kappa shape index (κ2) is 34.3. The Morgan fingerprint density at radius 1 is 0.500 bits per heavy atom. The Morgan fingerprint density at radius 3 is 1.10 bits per heavy atom. The van der Waals surface area contributed by atoms with Gasteiger partial charge in [0.1, 0.15) is 0 Å². The van der Waals surface area contributed by atoms with Crippen molar-refractivity contribution >= 4 is 5.97 Å². The molecule has 0 aliphatic carbocycles. The van der Waals surface area contributed by atoms with Crippen molar-refractivity contribution in [1.82, 2.24) is 9.80 Å². The first-order chi connectivity index (χ1) is 20.6. The zero-order valence-electron chi connectivity index (χ0n) is 29.0. The van der Waals surface area contributed by atoms with E-state index in [1.165, 1.54) is 180 Å². The van der Waals surface area contributed by atoms with Crippen LogP contribution >= 0.6 is 0 Å². The fourth-order valence-electron chi connectivity index (χ4n) is 5.89. The van der Waals surface area contributed by atoms with Gasteiger partial charge in [0.05, 0.1) is 6.67 Å². The van der Waals surface area contributed by atoms with E-state index in [9.17, 15) is 4.79 Å². The van der Waals surface area contributed by atoms with Crippen LogP contribution in [0, 0.1) is 0 Å². The van der Waals surface area contributed by atoms with Crippen LogP contribution in [0.1, 0.15) is 206 Å². The Morgan fingerprint density at radius 2 is 0.810 bits per heavy atom. The Bertz CT molecular complexity index is 565. The maximum absolute atomic E-state index is 10.3. The van der Waals surface area contributed by atoms with Gasteiger partial charge in [0, 0.05) is 32.4 Å². The molecule has 0 bridgehead atoms. The fourth-order valence-corrected chi connectivity index (χ4v) is 5.89. The molecule has 4 nitrogen and oxygen atoms in total. The lowest BCUT2D eigenvalue weighted by molar-refractivity contribution is -0.137. The number of nitrogens with zero attached hydrogens (tertiary/aromatic N) is 2. The van der Waals surface area contributed by atoms with Crippen molar-refractivity contribution in [3.8, 4) is 0 Å². The molecule has 1 N–H and O–H groups in total. The second-order valence-electron chi connectivity index (χ2n) is 13.2. The van der Waals surface area contributed by atoms with Crippen molar-refractivity contribution < 1.29 is 9.90 Å². The molecule has 4 heteroatoms. The van der Waals surface area contributed by atoms with Gasteiger partial charge in [-0.15, -0.1) is 0 Å². The number of rotatable bonds is 31. The average molecular weight is 593 g/mol. The first kappa shape index (κ1) is 40.8. The van der Waals surface area contributed by atoms with E-state index in [0.717, 1.165) is 19.5 Å². The molecule has 0 aromatic heterocycles. The summed E-state index contributed by atoms with van der Waals surface area (Å²) in [6.07, 6.45) is 44.8. The van der Waals surface area contributed by atoms with Gasteiger partial charge in [0.2, 0.25) is 0 Å². The van der Waals surface area contributed by atoms with Gasteiger partial charge in [-0.25, -0.2) is 0 Å². The molecular weight excluding hydrogens is 516 g/mol. The van der Waals surface area contributed by atoms with E-state index in [-0.39, 0.29) is 0 Å². The predicted molar refractivity (Wildman–Crippen MR) is 186 cm³/mol. The number of unbranched alkanes of at least 4 members (excludes halogenated alkanes) is 27. The van der Waals surface area contributed by atoms with Crippen LogP contribution in [-0.2, 0) is 4.79 Å². The van der Waals surface area contributed by atoms with Crippen LogP contribution in [0.25, 0.3) is 0 Å². The lowest BCUT2D eigenvalue weighted by Gasteiger charge is -2.17. The Balaban J connectivity index is 0.000000805. The van der Waals surface area contributed by atoms with Crippen molar-refractivity contribution in [3.63, 3.8) is 0 Å². The first-order valence-electron chi connectivity index (χ1n) is 18.9. The number of hydrogen-bond donors (Lipinski definition) is 1. The minimum Gasteiger partial charge on any atom is -0.481 e. The molecule has 0 saturated carbocycles. The minimum absolute atomic E-state index is 0.345. The molecule has 0 aromatic rings. The zero-order valence-corrected chi connectivity index (χ0v) is 29.0. The van der Waals surface area contributed by atoms with Crippen molar-refractivity contribution in [3.05, 3.63) is 12.4 Å². The summed E-state index contributed by atoms with van der Waals surface area (Å²) in [6, 6.07) is 0. The number of carboxylic acids is 1. The van der Waals surface area contributed by atoms with Crippen molar-refractivity contribution in [2.24, 2.45) is 0 Å². The van der Waals surface area contributed by atoms with E-state index in [2.05, 4.69) is 43.1 Å². The van der Waals surface area contributed by atoms with Crippen molar-refractivity contribution in [1.29, 1.82) is 0 Å². The Labute approximate surface area is 264 Å². The Hall–Kier alpha value is -1.19. The maximum Gasteiger partial charge on any atom is 0.303 e. The largest absolute Gasteiger partial charge is 0.481 e. The van der Waals surface area contributed by atoms with Crippen LogP contribution in [0.3, 0.4) is 0 Å². The van der Waals surface area contributed by atoms with Crippen LogP contribution in [0.15, 0.2) is 12.4 Å². The van der Waals surface area contributed by atoms with E-state index in [4.69, 9.17) is 5.11 Å². The van der Waals surface area contributed by atoms with Crippen LogP contribution in [-0.4, -0.2) is 41.1 Å². The molecule has 0 saturated heterocycles. The molecule has 0 radical (unpaired) electrons. The van der Waals surface area contributed by atoms with Gasteiger partial charge >= 0.3 is 5.97 Å². The number of hydrogen-bond acceptors (Lipinski definition) is 3. The summed E-state index contributed by atoms with van der Waals surface area (Å²) in [6.45, 7) is 6.88. The number of aliphatic carboxylic acids is 1. The maximum atomic E-state index is 10.3. The molecule has 0 amide bonds. The third-order valence-electron chi connectivity index (χ3n) is 8.73. The summed E-state index contributed by atoms with van der Waals surface area (Å²) in [5.41, 5.74) is 0. The van der Waals surface area contributed by atoms with Crippen LogP contribution in [0.4, 0.5) is 0 Å². The highest BCUT2D eigenvalue weighted by atomic mass is 16.4. The standard InChI is InChI=1S/C20H40N2.C18H36O2/c1-3-4-5-6-7-8-9-10-11-12-13-14-15-16-17-22-19-18-21(2)20-22;1-2-3-4-5-6-7-8-9-10-11-12-13-14-15-16-17-18(19)20/h18-19H,3-17,20H2,1-2H3;2-17H2,1H3,(H,19,20). The molecule has 42 heavy (non-hydrogen) atoms. The van der Waals surface area contributed by atoms with E-state index in [1.807, 2.05) is 0 Å². The molecule has 1 aliphatic rings. The summed E-state index contributed by atoms with van der Waals surface area (Å²) in [4.78, 5) is 15.0. The molecule has 0 spiro atoms. The normalized spacial score (nSPS) is 12.6. The summed E-state index contributed by atoms with van der Waals surface area (Å²) in [5.74, 6) is -0.653.